The highest BCUT2D eigenvalue weighted by Crippen LogP contribution is 2.40. The highest BCUT2D eigenvalue weighted by atomic mass is 79.9. The summed E-state index contributed by atoms with van der Waals surface area (Å²) < 4.78 is 12.2. The molecule has 6 heteroatoms. The minimum absolute atomic E-state index is 0.582. The van der Waals surface area contributed by atoms with Crippen LogP contribution in [-0.4, -0.2) is 13.2 Å². The fraction of sp³-hybridized carbons (Fsp3) is 0.200. The van der Waals surface area contributed by atoms with Crippen LogP contribution >= 0.6 is 39.3 Å². The molecular weight excluding hydrogens is 374 g/mol. The molecule has 0 saturated heterocycles. The Morgan fingerprint density at radius 1 is 1.19 bits per heavy atom. The van der Waals surface area contributed by atoms with Gasteiger partial charge in [0, 0.05) is 20.8 Å². The average Bonchev–Trinajstić information content (AvgIpc) is 2.47. The number of anilines is 1. The number of thioether (sulfide) groups is 1. The van der Waals surface area contributed by atoms with Crippen molar-refractivity contribution < 1.29 is 9.47 Å². The van der Waals surface area contributed by atoms with Gasteiger partial charge >= 0.3 is 0 Å². The molecule has 0 spiro atoms. The van der Waals surface area contributed by atoms with Gasteiger partial charge in [-0.15, -0.1) is 11.8 Å². The Labute approximate surface area is 140 Å². The van der Waals surface area contributed by atoms with Gasteiger partial charge in [-0.2, -0.15) is 0 Å². The topological polar surface area (TPSA) is 44.5 Å². The predicted molar refractivity (Wildman–Crippen MR) is 90.6 cm³/mol. The summed E-state index contributed by atoms with van der Waals surface area (Å²) in [4.78, 5) is 0.904. The van der Waals surface area contributed by atoms with Gasteiger partial charge in [0.15, 0.2) is 11.5 Å². The van der Waals surface area contributed by atoms with Crippen LogP contribution in [0.2, 0.25) is 5.02 Å². The van der Waals surface area contributed by atoms with Gasteiger partial charge in [-0.3, -0.25) is 0 Å². The van der Waals surface area contributed by atoms with Crippen LogP contribution in [0.1, 0.15) is 5.56 Å². The second-order valence-corrected chi connectivity index (χ2v) is 6.78. The number of rotatable bonds is 3. The first-order chi connectivity index (χ1) is 10.1. The summed E-state index contributed by atoms with van der Waals surface area (Å²) in [6.07, 6.45) is 0. The van der Waals surface area contributed by atoms with E-state index in [1.54, 1.807) is 11.8 Å². The molecule has 0 aromatic heterocycles. The first-order valence-corrected chi connectivity index (χ1v) is 8.55. The quantitative estimate of drug-likeness (QED) is 0.611. The molecular formula is C15H13BrClNO2S. The Kier molecular flexibility index (Phi) is 4.52. The van der Waals surface area contributed by atoms with Gasteiger partial charge in [0.05, 0.1) is 5.02 Å². The van der Waals surface area contributed by atoms with Crippen molar-refractivity contribution in [2.24, 2.45) is 0 Å². The molecule has 1 aliphatic heterocycles. The zero-order valence-electron chi connectivity index (χ0n) is 11.1. The maximum absolute atomic E-state index is 6.19. The van der Waals surface area contributed by atoms with Crippen LogP contribution in [0.25, 0.3) is 0 Å². The first-order valence-electron chi connectivity index (χ1n) is 6.40. The predicted octanol–water partition coefficient (Wildman–Crippen LogP) is 4.75. The SMILES string of the molecule is Nc1cccc(Cl)c1SCc1cc2c(cc1Br)OCCO2. The number of ether oxygens (including phenoxy) is 2. The van der Waals surface area contributed by atoms with Crippen molar-refractivity contribution in [1.29, 1.82) is 0 Å². The normalized spacial score (nSPS) is 13.2. The highest BCUT2D eigenvalue weighted by Gasteiger charge is 2.15. The van der Waals surface area contributed by atoms with E-state index in [-0.39, 0.29) is 0 Å². The van der Waals surface area contributed by atoms with E-state index in [0.717, 1.165) is 32.2 Å². The minimum atomic E-state index is 0.582. The molecule has 110 valence electrons. The molecule has 0 radical (unpaired) electrons. The Balaban J connectivity index is 1.82. The van der Waals surface area contributed by atoms with Crippen LogP contribution in [0, 0.1) is 0 Å². The van der Waals surface area contributed by atoms with E-state index in [0.29, 0.717) is 23.9 Å². The average molecular weight is 387 g/mol. The van der Waals surface area contributed by atoms with E-state index >= 15 is 0 Å². The molecule has 0 fully saturated rings. The molecule has 2 aromatic carbocycles. The van der Waals surface area contributed by atoms with Gasteiger partial charge in [0.1, 0.15) is 13.2 Å². The van der Waals surface area contributed by atoms with Gasteiger partial charge in [0.25, 0.3) is 0 Å². The third-order valence-corrected chi connectivity index (χ3v) is 5.45. The molecule has 0 bridgehead atoms. The fourth-order valence-corrected chi connectivity index (χ4v) is 4.02. The molecule has 21 heavy (non-hydrogen) atoms. The molecule has 2 aromatic rings. The molecule has 3 rings (SSSR count). The van der Waals surface area contributed by atoms with E-state index in [4.69, 9.17) is 26.8 Å². The van der Waals surface area contributed by atoms with Crippen molar-refractivity contribution in [1.82, 2.24) is 0 Å². The third-order valence-electron chi connectivity index (χ3n) is 3.08. The number of benzene rings is 2. The van der Waals surface area contributed by atoms with Crippen LogP contribution in [0.3, 0.4) is 0 Å². The van der Waals surface area contributed by atoms with Gasteiger partial charge < -0.3 is 15.2 Å². The van der Waals surface area contributed by atoms with Gasteiger partial charge in [-0.25, -0.2) is 0 Å². The van der Waals surface area contributed by atoms with Crippen LogP contribution in [0.4, 0.5) is 5.69 Å². The Bertz CT molecular complexity index is 661. The summed E-state index contributed by atoms with van der Waals surface area (Å²) in [7, 11) is 0. The molecule has 3 nitrogen and oxygen atoms in total. The lowest BCUT2D eigenvalue weighted by atomic mass is 10.2. The third kappa shape index (κ3) is 3.25. The summed E-state index contributed by atoms with van der Waals surface area (Å²) in [5, 5.41) is 0.675. The first kappa shape index (κ1) is 14.9. The van der Waals surface area contributed by atoms with Crippen molar-refractivity contribution in [3.05, 3.63) is 45.4 Å². The molecule has 0 unspecified atom stereocenters. The minimum Gasteiger partial charge on any atom is -0.486 e. The van der Waals surface area contributed by atoms with E-state index in [9.17, 15) is 0 Å². The molecule has 0 atom stereocenters. The molecule has 0 aliphatic carbocycles. The molecule has 0 amide bonds. The Hall–Kier alpha value is -1.04. The summed E-state index contributed by atoms with van der Waals surface area (Å²) in [6.45, 7) is 1.17. The summed E-state index contributed by atoms with van der Waals surface area (Å²) in [5.74, 6) is 2.30. The Morgan fingerprint density at radius 3 is 2.62 bits per heavy atom. The van der Waals surface area contributed by atoms with Crippen LogP contribution < -0.4 is 15.2 Å². The lowest BCUT2D eigenvalue weighted by molar-refractivity contribution is 0.171. The number of nitrogen functional groups attached to an aromatic ring is 1. The van der Waals surface area contributed by atoms with Crippen molar-refractivity contribution in [3.8, 4) is 11.5 Å². The van der Waals surface area contributed by atoms with Gasteiger partial charge in [0.2, 0.25) is 0 Å². The number of nitrogens with two attached hydrogens (primary N) is 1. The van der Waals surface area contributed by atoms with E-state index in [1.165, 1.54) is 0 Å². The monoisotopic (exact) mass is 385 g/mol. The van der Waals surface area contributed by atoms with Gasteiger partial charge in [-0.1, -0.05) is 33.6 Å². The highest BCUT2D eigenvalue weighted by molar-refractivity contribution is 9.10. The van der Waals surface area contributed by atoms with E-state index in [1.807, 2.05) is 30.3 Å². The number of hydrogen-bond acceptors (Lipinski definition) is 4. The molecule has 1 heterocycles. The zero-order valence-corrected chi connectivity index (χ0v) is 14.2. The lowest BCUT2D eigenvalue weighted by Gasteiger charge is -2.20. The standard InChI is InChI=1S/C15H13BrClNO2S/c16-10-7-14-13(19-4-5-20-14)6-9(10)8-21-15-11(17)2-1-3-12(15)18/h1-3,6-7H,4-5,8,18H2. The summed E-state index contributed by atoms with van der Waals surface area (Å²) in [6, 6.07) is 9.49. The molecule has 2 N–H and O–H groups in total. The molecule has 0 saturated carbocycles. The fourth-order valence-electron chi connectivity index (χ4n) is 2.04. The maximum atomic E-state index is 6.19. The number of hydrogen-bond donors (Lipinski definition) is 1. The second kappa shape index (κ2) is 6.38. The van der Waals surface area contributed by atoms with Crippen LogP contribution in [0.15, 0.2) is 39.7 Å². The van der Waals surface area contributed by atoms with Crippen molar-refractivity contribution in [2.75, 3.05) is 18.9 Å². The van der Waals surface area contributed by atoms with E-state index < -0.39 is 0 Å². The van der Waals surface area contributed by atoms with Crippen molar-refractivity contribution in [2.45, 2.75) is 10.6 Å². The van der Waals surface area contributed by atoms with Crippen LogP contribution in [0.5, 0.6) is 11.5 Å². The van der Waals surface area contributed by atoms with E-state index in [2.05, 4.69) is 15.9 Å². The Morgan fingerprint density at radius 2 is 1.90 bits per heavy atom. The largest absolute Gasteiger partial charge is 0.486 e. The summed E-state index contributed by atoms with van der Waals surface area (Å²) in [5.41, 5.74) is 7.78. The van der Waals surface area contributed by atoms with Crippen molar-refractivity contribution in [3.63, 3.8) is 0 Å². The van der Waals surface area contributed by atoms with Crippen LogP contribution in [-0.2, 0) is 5.75 Å². The smallest absolute Gasteiger partial charge is 0.162 e. The second-order valence-electron chi connectivity index (χ2n) is 4.53. The van der Waals surface area contributed by atoms with Crippen molar-refractivity contribution >= 4 is 45.0 Å². The molecule has 1 aliphatic rings. The lowest BCUT2D eigenvalue weighted by Crippen LogP contribution is -2.15. The summed E-state index contributed by atoms with van der Waals surface area (Å²) >= 11 is 11.4. The maximum Gasteiger partial charge on any atom is 0.162 e. The number of halogens is 2. The van der Waals surface area contributed by atoms with Gasteiger partial charge in [-0.05, 0) is 29.8 Å². The zero-order chi connectivity index (χ0) is 14.8. The number of fused-ring (bicyclic) bond motifs is 1.